The third kappa shape index (κ3) is 2.05. The van der Waals surface area contributed by atoms with Crippen molar-refractivity contribution in [2.45, 2.75) is 44.3 Å². The zero-order valence-electron chi connectivity index (χ0n) is 13.3. The molecule has 0 amide bonds. The van der Waals surface area contributed by atoms with Crippen LogP contribution < -0.4 is 0 Å². The molecule has 1 saturated carbocycles. The Morgan fingerprint density at radius 2 is 1.92 bits per heavy atom. The lowest BCUT2D eigenvalue weighted by Crippen LogP contribution is -2.44. The Morgan fingerprint density at radius 1 is 1.25 bits per heavy atom. The SMILES string of the molecule is C=C1CC(C)(C(F)(F)c2nc3n(n2)[C@H](c2ccccc2)C[C@@H]3F)C1. The first kappa shape index (κ1) is 15.4. The van der Waals surface area contributed by atoms with E-state index in [-0.39, 0.29) is 25.1 Å². The molecule has 1 aromatic heterocycles. The molecule has 1 aliphatic carbocycles. The van der Waals surface area contributed by atoms with Crippen molar-refractivity contribution in [1.82, 2.24) is 14.8 Å². The summed E-state index contributed by atoms with van der Waals surface area (Å²) >= 11 is 0. The van der Waals surface area contributed by atoms with Crippen molar-refractivity contribution in [3.63, 3.8) is 0 Å². The Labute approximate surface area is 138 Å². The third-order valence-corrected chi connectivity index (χ3v) is 5.17. The van der Waals surface area contributed by atoms with E-state index in [1.54, 1.807) is 0 Å². The summed E-state index contributed by atoms with van der Waals surface area (Å²) in [5, 5.41) is 4.03. The van der Waals surface area contributed by atoms with Crippen molar-refractivity contribution >= 4 is 0 Å². The average Bonchev–Trinajstić information content (AvgIpc) is 3.08. The number of aromatic nitrogens is 3. The molecule has 0 spiro atoms. The first-order chi connectivity index (χ1) is 11.3. The molecule has 0 saturated heterocycles. The third-order valence-electron chi connectivity index (χ3n) is 5.17. The molecule has 1 aromatic carbocycles. The Morgan fingerprint density at radius 3 is 2.54 bits per heavy atom. The molecule has 2 heterocycles. The minimum atomic E-state index is -3.20. The summed E-state index contributed by atoms with van der Waals surface area (Å²) in [6, 6.07) is 8.85. The molecule has 2 atom stereocenters. The monoisotopic (exact) mass is 333 g/mol. The molecule has 2 aliphatic rings. The van der Waals surface area contributed by atoms with Gasteiger partial charge in [-0.1, -0.05) is 49.4 Å². The molecule has 24 heavy (non-hydrogen) atoms. The minimum absolute atomic E-state index is 0.000257. The largest absolute Gasteiger partial charge is 0.314 e. The summed E-state index contributed by atoms with van der Waals surface area (Å²) in [4.78, 5) is 3.89. The maximum Gasteiger partial charge on any atom is 0.314 e. The summed E-state index contributed by atoms with van der Waals surface area (Å²) in [6.45, 7) is 5.25. The van der Waals surface area contributed by atoms with Crippen molar-refractivity contribution in [3.8, 4) is 0 Å². The van der Waals surface area contributed by atoms with Crippen LogP contribution in [0, 0.1) is 5.41 Å². The van der Waals surface area contributed by atoms with Crippen LogP contribution in [0.3, 0.4) is 0 Å². The second-order valence-electron chi connectivity index (χ2n) is 7.11. The fraction of sp³-hybridized carbons (Fsp3) is 0.444. The first-order valence-corrected chi connectivity index (χ1v) is 8.02. The smallest absolute Gasteiger partial charge is 0.239 e. The van der Waals surface area contributed by atoms with Gasteiger partial charge in [0, 0.05) is 11.8 Å². The molecule has 0 unspecified atom stereocenters. The second-order valence-corrected chi connectivity index (χ2v) is 7.11. The Kier molecular flexibility index (Phi) is 3.18. The van der Waals surface area contributed by atoms with Gasteiger partial charge in [0.05, 0.1) is 6.04 Å². The summed E-state index contributed by atoms with van der Waals surface area (Å²) in [6.07, 6.45) is -0.716. The van der Waals surface area contributed by atoms with E-state index < -0.39 is 29.4 Å². The molecule has 2 aromatic rings. The van der Waals surface area contributed by atoms with Crippen LogP contribution in [0.1, 0.15) is 55.6 Å². The van der Waals surface area contributed by atoms with E-state index in [1.165, 1.54) is 11.6 Å². The van der Waals surface area contributed by atoms with Crippen molar-refractivity contribution in [3.05, 3.63) is 59.7 Å². The number of fused-ring (bicyclic) bond motifs is 1. The van der Waals surface area contributed by atoms with Crippen LogP contribution >= 0.6 is 0 Å². The van der Waals surface area contributed by atoms with Crippen LogP contribution in [0.5, 0.6) is 0 Å². The van der Waals surface area contributed by atoms with E-state index in [9.17, 15) is 13.2 Å². The lowest BCUT2D eigenvalue weighted by Gasteiger charge is -2.44. The molecule has 0 bridgehead atoms. The maximum atomic E-state index is 14.9. The predicted octanol–water partition coefficient (Wildman–Crippen LogP) is 4.73. The maximum absolute atomic E-state index is 14.9. The average molecular weight is 333 g/mol. The molecule has 126 valence electrons. The number of nitrogens with zero attached hydrogens (tertiary/aromatic N) is 3. The van der Waals surface area contributed by atoms with Crippen LogP contribution in [0.25, 0.3) is 0 Å². The van der Waals surface area contributed by atoms with Gasteiger partial charge in [0.2, 0.25) is 5.82 Å². The van der Waals surface area contributed by atoms with Gasteiger partial charge in [-0.15, -0.1) is 5.10 Å². The van der Waals surface area contributed by atoms with E-state index >= 15 is 0 Å². The summed E-state index contributed by atoms with van der Waals surface area (Å²) < 4.78 is 45.4. The molecular formula is C18H18F3N3. The van der Waals surface area contributed by atoms with Gasteiger partial charge in [-0.2, -0.15) is 8.78 Å². The number of benzene rings is 1. The van der Waals surface area contributed by atoms with Crippen LogP contribution in [-0.2, 0) is 5.92 Å². The van der Waals surface area contributed by atoms with Crippen LogP contribution in [0.4, 0.5) is 13.2 Å². The summed E-state index contributed by atoms with van der Waals surface area (Å²) in [5.41, 5.74) is 0.414. The molecule has 0 N–H and O–H groups in total. The standard InChI is InChI=1S/C18H18F3N3/c1-11-9-17(2,10-11)18(20,21)16-22-15-13(19)8-14(24(15)23-16)12-6-4-3-5-7-12/h3-7,13-14H,1,8-10H2,2H3/t13-,14-/m0/s1. The molecule has 0 radical (unpaired) electrons. The van der Waals surface area contributed by atoms with Gasteiger partial charge in [-0.3, -0.25) is 0 Å². The molecule has 4 rings (SSSR count). The number of hydrogen-bond acceptors (Lipinski definition) is 2. The number of alkyl halides is 3. The van der Waals surface area contributed by atoms with Gasteiger partial charge in [0.1, 0.15) is 0 Å². The Balaban J connectivity index is 1.72. The minimum Gasteiger partial charge on any atom is -0.239 e. The highest BCUT2D eigenvalue weighted by atomic mass is 19.3. The van der Waals surface area contributed by atoms with Crippen LogP contribution in [0.15, 0.2) is 42.5 Å². The predicted molar refractivity (Wildman–Crippen MR) is 83.4 cm³/mol. The lowest BCUT2D eigenvalue weighted by molar-refractivity contribution is -0.147. The summed E-state index contributed by atoms with van der Waals surface area (Å²) in [5.74, 6) is -3.77. The van der Waals surface area contributed by atoms with Crippen molar-refractivity contribution < 1.29 is 13.2 Å². The fourth-order valence-corrected chi connectivity index (χ4v) is 3.81. The van der Waals surface area contributed by atoms with Crippen molar-refractivity contribution in [2.75, 3.05) is 0 Å². The molecule has 6 heteroatoms. The topological polar surface area (TPSA) is 30.7 Å². The first-order valence-electron chi connectivity index (χ1n) is 8.02. The van der Waals surface area contributed by atoms with Gasteiger partial charge < -0.3 is 0 Å². The highest BCUT2D eigenvalue weighted by molar-refractivity contribution is 5.26. The lowest BCUT2D eigenvalue weighted by atomic mass is 9.63. The highest BCUT2D eigenvalue weighted by Gasteiger charge is 2.59. The normalized spacial score (nSPS) is 25.4. The fourth-order valence-electron chi connectivity index (χ4n) is 3.81. The highest BCUT2D eigenvalue weighted by Crippen LogP contribution is 2.58. The van der Waals surface area contributed by atoms with E-state index in [0.29, 0.717) is 0 Å². The Hall–Kier alpha value is -2.11. The van der Waals surface area contributed by atoms with Gasteiger partial charge in [0.15, 0.2) is 12.0 Å². The summed E-state index contributed by atoms with van der Waals surface area (Å²) in [7, 11) is 0. The van der Waals surface area contributed by atoms with Crippen LogP contribution in [-0.4, -0.2) is 14.8 Å². The number of allylic oxidation sites excluding steroid dienone is 1. The van der Waals surface area contributed by atoms with E-state index in [2.05, 4.69) is 16.7 Å². The zero-order chi connectivity index (χ0) is 17.1. The van der Waals surface area contributed by atoms with Crippen LogP contribution in [0.2, 0.25) is 0 Å². The molecular weight excluding hydrogens is 315 g/mol. The number of halogens is 3. The van der Waals surface area contributed by atoms with Gasteiger partial charge in [-0.05, 0) is 18.4 Å². The zero-order valence-corrected chi connectivity index (χ0v) is 13.3. The van der Waals surface area contributed by atoms with Gasteiger partial charge >= 0.3 is 5.92 Å². The number of hydrogen-bond donors (Lipinski definition) is 0. The van der Waals surface area contributed by atoms with E-state index in [1.807, 2.05) is 30.3 Å². The van der Waals surface area contributed by atoms with E-state index in [4.69, 9.17) is 0 Å². The second kappa shape index (κ2) is 4.94. The number of rotatable bonds is 3. The molecule has 1 aliphatic heterocycles. The Bertz CT molecular complexity index is 789. The van der Waals surface area contributed by atoms with Gasteiger partial charge in [-0.25, -0.2) is 14.1 Å². The van der Waals surface area contributed by atoms with E-state index in [0.717, 1.165) is 11.1 Å². The molecule has 3 nitrogen and oxygen atoms in total. The van der Waals surface area contributed by atoms with Gasteiger partial charge in [0.25, 0.3) is 0 Å². The van der Waals surface area contributed by atoms with Crippen molar-refractivity contribution in [2.24, 2.45) is 5.41 Å². The quantitative estimate of drug-likeness (QED) is 0.760. The van der Waals surface area contributed by atoms with Crippen molar-refractivity contribution in [1.29, 1.82) is 0 Å². The molecule has 1 fully saturated rings.